The van der Waals surface area contributed by atoms with Gasteiger partial charge in [-0.3, -0.25) is 23.8 Å². The molecule has 0 spiro atoms. The van der Waals surface area contributed by atoms with Gasteiger partial charge in [0.25, 0.3) is 30.4 Å². The van der Waals surface area contributed by atoms with Gasteiger partial charge in [-0.1, -0.05) is 6.07 Å². The molecule has 0 amide bonds. The van der Waals surface area contributed by atoms with E-state index < -0.39 is 68.0 Å². The van der Waals surface area contributed by atoms with Crippen molar-refractivity contribution in [3.8, 4) is 5.75 Å². The topological polar surface area (TPSA) is 341 Å². The molecule has 46 heavy (non-hydrogen) atoms. The van der Waals surface area contributed by atoms with Crippen molar-refractivity contribution in [2.45, 2.75) is 11.3 Å². The van der Waals surface area contributed by atoms with E-state index in [-0.39, 0.29) is 54.5 Å². The van der Waals surface area contributed by atoms with Crippen LogP contribution >= 0.6 is 0 Å². The van der Waals surface area contributed by atoms with Crippen molar-refractivity contribution < 1.29 is 61.2 Å². The van der Waals surface area contributed by atoms with Crippen molar-refractivity contribution >= 4 is 75.9 Å². The van der Waals surface area contributed by atoms with Crippen LogP contribution in [0.3, 0.4) is 0 Å². The second kappa shape index (κ2) is 16.1. The first-order valence-corrected chi connectivity index (χ1v) is 17.6. The number of rotatable bonds is 15. The minimum Gasteiger partial charge on any atom is -0.487 e. The zero-order chi connectivity index (χ0) is 34.7. The number of nitro groups is 1. The molecular formula is C20H23N7O15S4. The molecular weight excluding hydrogens is 707 g/mol. The summed E-state index contributed by atoms with van der Waals surface area (Å²) >= 11 is 0. The standard InChI is InChI=1S/C20H23N7O12S3.O3S/c28-27(29)16-12-14(5-6-17(16)39-8-2-9-40(30,31)32)23-20-25-18(21-7-10-41(33,34)35)24-19(26-20)22-13-3-1-4-15(11-13)42(36,37)38;1-4(2)3/h1,3-6,11-12H,2,7-10H2,(H,30,31,32)(H,33,34,35)(H,36,37,38)(H3,21,22,23,24,25,26);. The van der Waals surface area contributed by atoms with E-state index in [1.54, 1.807) is 0 Å². The Hall–Kier alpha value is -4.60. The molecule has 0 bridgehead atoms. The van der Waals surface area contributed by atoms with Crippen LogP contribution in [0.25, 0.3) is 0 Å². The van der Waals surface area contributed by atoms with Gasteiger partial charge < -0.3 is 20.7 Å². The quantitative estimate of drug-likeness (QED) is 0.0535. The van der Waals surface area contributed by atoms with E-state index in [2.05, 4.69) is 30.9 Å². The number of hydrogen-bond acceptors (Lipinski definition) is 18. The molecule has 3 rings (SSSR count). The van der Waals surface area contributed by atoms with Crippen molar-refractivity contribution in [2.24, 2.45) is 0 Å². The largest absolute Gasteiger partial charge is 0.487 e. The van der Waals surface area contributed by atoms with Gasteiger partial charge in [0, 0.05) is 24.0 Å². The summed E-state index contributed by atoms with van der Waals surface area (Å²) in [7, 11) is -16.2. The molecule has 3 aromatic rings. The summed E-state index contributed by atoms with van der Waals surface area (Å²) in [4.78, 5) is 22.6. The zero-order valence-corrected chi connectivity index (χ0v) is 26.0. The Morgan fingerprint density at radius 1 is 0.804 bits per heavy atom. The lowest BCUT2D eigenvalue weighted by Gasteiger charge is -2.12. The van der Waals surface area contributed by atoms with E-state index >= 15 is 0 Å². The smallest absolute Gasteiger partial charge is 0.425 e. The molecule has 0 aliphatic rings. The highest BCUT2D eigenvalue weighted by Crippen LogP contribution is 2.31. The third kappa shape index (κ3) is 14.5. The molecule has 0 radical (unpaired) electrons. The predicted molar refractivity (Wildman–Crippen MR) is 157 cm³/mol. The van der Waals surface area contributed by atoms with Crippen LogP contribution in [0.15, 0.2) is 47.4 Å². The summed E-state index contributed by atoms with van der Waals surface area (Å²) in [6.07, 6.45) is -0.128. The Morgan fingerprint density at radius 3 is 1.87 bits per heavy atom. The lowest BCUT2D eigenvalue weighted by atomic mass is 10.2. The molecule has 0 aliphatic carbocycles. The molecule has 2 aromatic carbocycles. The Bertz CT molecular complexity index is 2000. The molecule has 0 fully saturated rings. The Kier molecular flexibility index (Phi) is 13.2. The number of benzene rings is 2. The molecule has 0 saturated carbocycles. The second-order valence-electron chi connectivity index (χ2n) is 8.40. The van der Waals surface area contributed by atoms with E-state index in [1.807, 2.05) is 0 Å². The number of nitrogens with one attached hydrogen (secondary N) is 3. The summed E-state index contributed by atoms with van der Waals surface area (Å²) in [6.45, 7) is -0.567. The number of hydrogen-bond donors (Lipinski definition) is 6. The van der Waals surface area contributed by atoms with E-state index in [0.29, 0.717) is 0 Å². The number of ether oxygens (including phenoxy) is 1. The second-order valence-corrected chi connectivity index (χ2v) is 13.4. The van der Waals surface area contributed by atoms with Crippen molar-refractivity contribution in [1.29, 1.82) is 0 Å². The minimum absolute atomic E-state index is 0.0846. The molecule has 0 saturated heterocycles. The van der Waals surface area contributed by atoms with Gasteiger partial charge in [0.2, 0.25) is 17.8 Å². The highest BCUT2D eigenvalue weighted by atomic mass is 32.2. The fourth-order valence-corrected chi connectivity index (χ4v) is 4.50. The molecule has 26 heteroatoms. The number of nitro benzene ring substituents is 1. The normalized spacial score (nSPS) is 11.5. The van der Waals surface area contributed by atoms with E-state index in [0.717, 1.165) is 18.2 Å². The lowest BCUT2D eigenvalue weighted by Crippen LogP contribution is -2.17. The van der Waals surface area contributed by atoms with Gasteiger partial charge >= 0.3 is 16.3 Å². The van der Waals surface area contributed by atoms with Crippen molar-refractivity contribution in [3.63, 3.8) is 0 Å². The van der Waals surface area contributed by atoms with Crippen LogP contribution in [0.1, 0.15) is 6.42 Å². The summed E-state index contributed by atoms with van der Waals surface area (Å²) in [6, 6.07) is 8.60. The minimum atomic E-state index is -4.53. The highest BCUT2D eigenvalue weighted by molar-refractivity contribution is 7.86. The molecule has 0 aliphatic heterocycles. The number of aromatic nitrogens is 3. The Balaban J connectivity index is 0.00000173. The predicted octanol–water partition coefficient (Wildman–Crippen LogP) is 0.466. The first-order valence-electron chi connectivity index (χ1n) is 11.9. The molecule has 0 atom stereocenters. The van der Waals surface area contributed by atoms with E-state index in [9.17, 15) is 39.9 Å². The molecule has 1 heterocycles. The van der Waals surface area contributed by atoms with Crippen LogP contribution in [0, 0.1) is 10.1 Å². The maximum absolute atomic E-state index is 11.6. The van der Waals surface area contributed by atoms with E-state index in [1.165, 1.54) is 24.3 Å². The number of anilines is 5. The molecule has 252 valence electrons. The van der Waals surface area contributed by atoms with Crippen molar-refractivity contribution in [1.82, 2.24) is 15.0 Å². The molecule has 22 nitrogen and oxygen atoms in total. The van der Waals surface area contributed by atoms with Gasteiger partial charge in [0.15, 0.2) is 5.75 Å². The zero-order valence-electron chi connectivity index (χ0n) is 22.7. The maximum Gasteiger partial charge on any atom is 0.425 e. The van der Waals surface area contributed by atoms with Crippen molar-refractivity contribution in [3.05, 3.63) is 52.6 Å². The lowest BCUT2D eigenvalue weighted by molar-refractivity contribution is -0.385. The van der Waals surface area contributed by atoms with Crippen LogP contribution in [0.2, 0.25) is 0 Å². The van der Waals surface area contributed by atoms with Gasteiger partial charge in [-0.15, -0.1) is 12.6 Å². The first-order chi connectivity index (χ1) is 21.2. The average Bonchev–Trinajstić information content (AvgIpc) is 2.89. The summed E-state index contributed by atoms with van der Waals surface area (Å²) in [5, 5.41) is 19.6. The average molecular weight is 730 g/mol. The maximum atomic E-state index is 11.6. The van der Waals surface area contributed by atoms with Crippen molar-refractivity contribution in [2.75, 3.05) is 40.6 Å². The first kappa shape index (κ1) is 37.6. The highest BCUT2D eigenvalue weighted by Gasteiger charge is 2.18. The molecule has 6 N–H and O–H groups in total. The third-order valence-corrected chi connectivity index (χ3v) is 7.26. The molecule has 0 unspecified atom stereocenters. The fourth-order valence-electron chi connectivity index (χ4n) is 3.13. The van der Waals surface area contributed by atoms with Crippen LogP contribution in [-0.4, -0.2) is 96.1 Å². The Morgan fingerprint density at radius 2 is 1.35 bits per heavy atom. The summed E-state index contributed by atoms with van der Waals surface area (Å²) in [5.74, 6) is -2.12. The van der Waals surface area contributed by atoms with Gasteiger partial charge in [-0.25, -0.2) is 0 Å². The van der Waals surface area contributed by atoms with Gasteiger partial charge in [-0.05, 0) is 36.8 Å². The van der Waals surface area contributed by atoms with Gasteiger partial charge in [0.1, 0.15) is 0 Å². The summed E-state index contributed by atoms with van der Waals surface area (Å²) < 4.78 is 124. The van der Waals surface area contributed by atoms with Crippen LogP contribution in [0.4, 0.5) is 34.9 Å². The van der Waals surface area contributed by atoms with E-state index in [4.69, 9.17) is 26.5 Å². The Labute approximate surface area is 261 Å². The van der Waals surface area contributed by atoms with Crippen LogP contribution in [0.5, 0.6) is 5.75 Å². The van der Waals surface area contributed by atoms with Crippen LogP contribution < -0.4 is 20.7 Å². The SMILES string of the molecule is O=S(=O)=O.O=[N+]([O-])c1cc(Nc2nc(NCCS(=O)(=O)O)nc(Nc3cccc(S(=O)(=O)O)c3)n2)ccc1OCCCS(=O)(=O)O. The van der Waals surface area contributed by atoms with Gasteiger partial charge in [0.05, 0.1) is 27.9 Å². The third-order valence-electron chi connectivity index (χ3n) is 4.88. The number of nitrogens with zero attached hydrogens (tertiary/aromatic N) is 4. The van der Waals surface area contributed by atoms with Gasteiger partial charge in [-0.2, -0.15) is 40.2 Å². The molecule has 1 aromatic heterocycles. The monoisotopic (exact) mass is 729 g/mol. The summed E-state index contributed by atoms with van der Waals surface area (Å²) in [5.41, 5.74) is -0.300. The fraction of sp³-hybridized carbons (Fsp3) is 0.250. The van der Waals surface area contributed by atoms with Crippen LogP contribution in [-0.2, 0) is 41.0 Å².